The van der Waals surface area contributed by atoms with E-state index in [-0.39, 0.29) is 48.6 Å². The Morgan fingerprint density at radius 1 is 0.689 bits per heavy atom. The Labute approximate surface area is 353 Å². The van der Waals surface area contributed by atoms with E-state index in [0.29, 0.717) is 33.7 Å². The van der Waals surface area contributed by atoms with Crippen molar-refractivity contribution in [2.45, 2.75) is 30.8 Å². The summed E-state index contributed by atoms with van der Waals surface area (Å²) < 4.78 is 6.12. The Bertz CT molecular complexity index is 2730. The molecule has 0 radical (unpaired) electrons. The summed E-state index contributed by atoms with van der Waals surface area (Å²) >= 11 is 0. The second-order valence-electron chi connectivity index (χ2n) is 16.3. The Hall–Kier alpha value is -7.32. The number of ketones is 2. The van der Waals surface area contributed by atoms with Gasteiger partial charge in [0.15, 0.2) is 11.6 Å². The smallest absolute Gasteiger partial charge is 0.238 e. The molecule has 10 rings (SSSR count). The second kappa shape index (κ2) is 15.4. The lowest BCUT2D eigenvalue weighted by molar-refractivity contribution is -0.135. The first-order valence-electron chi connectivity index (χ1n) is 20.7. The molecule has 61 heavy (non-hydrogen) atoms. The van der Waals surface area contributed by atoms with Gasteiger partial charge in [-0.15, -0.1) is 0 Å². The van der Waals surface area contributed by atoms with Crippen molar-refractivity contribution in [1.29, 1.82) is 0 Å². The van der Waals surface area contributed by atoms with Crippen LogP contribution in [0.3, 0.4) is 0 Å². The number of rotatable bonds is 9. The first-order chi connectivity index (χ1) is 29.8. The molecule has 0 aromatic heterocycles. The molecule has 2 N–H and O–H groups in total. The fourth-order valence-electron chi connectivity index (χ4n) is 10.5. The molecule has 2 amide bonds. The van der Waals surface area contributed by atoms with Crippen LogP contribution in [-0.2, 0) is 31.2 Å². The molecule has 300 valence electrons. The number of imide groups is 1. The fraction of sp³-hybridized carbons (Fsp3) is 0.170. The number of ether oxygens (including phenoxy) is 1. The molecule has 4 aliphatic rings. The van der Waals surface area contributed by atoms with Crippen LogP contribution in [-0.4, -0.2) is 28.5 Å². The van der Waals surface area contributed by atoms with Crippen molar-refractivity contribution in [3.63, 3.8) is 0 Å². The molecule has 8 heteroatoms. The number of para-hydroxylation sites is 1. The third-order valence-electron chi connectivity index (χ3n) is 13.1. The van der Waals surface area contributed by atoms with Gasteiger partial charge in [-0.3, -0.25) is 24.1 Å². The first kappa shape index (κ1) is 37.9. The highest BCUT2D eigenvalue weighted by molar-refractivity contribution is 6.32. The molecule has 6 aromatic carbocycles. The van der Waals surface area contributed by atoms with Crippen molar-refractivity contribution < 1.29 is 29.0 Å². The summed E-state index contributed by atoms with van der Waals surface area (Å²) in [5, 5.41) is 15.5. The Morgan fingerprint density at radius 3 is 2.02 bits per heavy atom. The first-order valence-corrected chi connectivity index (χ1v) is 20.7. The van der Waals surface area contributed by atoms with E-state index in [2.05, 4.69) is 5.32 Å². The number of phenols is 1. The van der Waals surface area contributed by atoms with E-state index in [4.69, 9.17) is 4.74 Å². The number of amides is 2. The normalized spacial score (nSPS) is 24.3. The highest BCUT2D eigenvalue weighted by Crippen LogP contribution is 2.64. The van der Waals surface area contributed by atoms with Crippen molar-refractivity contribution in [2.75, 3.05) is 10.2 Å². The van der Waals surface area contributed by atoms with E-state index >= 15 is 9.59 Å². The van der Waals surface area contributed by atoms with Crippen LogP contribution < -0.4 is 15.0 Å². The predicted octanol–water partition coefficient (Wildman–Crippen LogP) is 9.74. The van der Waals surface area contributed by atoms with Crippen LogP contribution in [0.15, 0.2) is 182 Å². The van der Waals surface area contributed by atoms with E-state index in [1.165, 1.54) is 11.0 Å². The molecule has 6 aromatic rings. The maximum atomic E-state index is 15.4. The van der Waals surface area contributed by atoms with E-state index in [1.807, 2.05) is 140 Å². The van der Waals surface area contributed by atoms with Gasteiger partial charge in [-0.25, -0.2) is 0 Å². The van der Waals surface area contributed by atoms with Gasteiger partial charge in [0.2, 0.25) is 11.8 Å². The number of Topliss-reactive ketones (excluding diaryl/α,β-unsaturated/α-hetero) is 1. The molecule has 6 atom stereocenters. The van der Waals surface area contributed by atoms with Gasteiger partial charge in [0.1, 0.15) is 18.1 Å². The van der Waals surface area contributed by atoms with Gasteiger partial charge in [-0.05, 0) is 84.0 Å². The molecule has 0 bridgehead atoms. The minimum atomic E-state index is -1.47. The van der Waals surface area contributed by atoms with Crippen molar-refractivity contribution in [3.8, 4) is 11.5 Å². The molecule has 1 heterocycles. The van der Waals surface area contributed by atoms with Gasteiger partial charge in [0.25, 0.3) is 0 Å². The molecular weight excluding hydrogens is 761 g/mol. The number of nitrogens with zero attached hydrogens (tertiary/aromatic N) is 1. The van der Waals surface area contributed by atoms with Gasteiger partial charge in [-0.1, -0.05) is 127 Å². The zero-order valence-electron chi connectivity index (χ0n) is 33.2. The number of anilines is 3. The number of phenolic OH excluding ortho intramolecular Hbond substituents is 1. The molecule has 3 aliphatic carbocycles. The molecular formula is C53H42N2O6. The second-order valence-corrected chi connectivity index (χ2v) is 16.3. The quantitative estimate of drug-likeness (QED) is 0.111. The monoisotopic (exact) mass is 802 g/mol. The number of carbonyl (C=O) groups excluding carboxylic acids is 4. The lowest BCUT2D eigenvalue weighted by Crippen LogP contribution is -2.58. The van der Waals surface area contributed by atoms with Crippen molar-refractivity contribution >= 4 is 46.0 Å². The summed E-state index contributed by atoms with van der Waals surface area (Å²) in [7, 11) is 0. The van der Waals surface area contributed by atoms with Crippen molar-refractivity contribution in [2.24, 2.45) is 23.7 Å². The Morgan fingerprint density at radius 2 is 1.33 bits per heavy atom. The van der Waals surface area contributed by atoms with E-state index < -0.39 is 35.0 Å². The Kier molecular flexibility index (Phi) is 9.55. The molecule has 2 fully saturated rings. The van der Waals surface area contributed by atoms with Gasteiger partial charge < -0.3 is 15.2 Å². The number of nitrogens with one attached hydrogen (secondary N) is 1. The number of carbonyl (C=O) groups is 4. The number of hydrogen-bond acceptors (Lipinski definition) is 7. The Balaban J connectivity index is 1.08. The number of fused-ring (bicyclic) bond motifs is 4. The summed E-state index contributed by atoms with van der Waals surface area (Å²) in [6, 6.07) is 50.4. The molecule has 0 spiro atoms. The lowest BCUT2D eigenvalue weighted by atomic mass is 9.44. The van der Waals surface area contributed by atoms with Crippen LogP contribution >= 0.6 is 0 Å². The van der Waals surface area contributed by atoms with E-state index in [9.17, 15) is 14.7 Å². The third-order valence-corrected chi connectivity index (χ3v) is 13.1. The van der Waals surface area contributed by atoms with Gasteiger partial charge >= 0.3 is 0 Å². The minimum Gasteiger partial charge on any atom is -0.508 e. The van der Waals surface area contributed by atoms with Crippen LogP contribution in [0.2, 0.25) is 0 Å². The maximum Gasteiger partial charge on any atom is 0.238 e. The topological polar surface area (TPSA) is 113 Å². The summed E-state index contributed by atoms with van der Waals surface area (Å²) in [6.45, 7) is 0.286. The van der Waals surface area contributed by atoms with Crippen molar-refractivity contribution in [1.82, 2.24) is 0 Å². The van der Waals surface area contributed by atoms with Crippen LogP contribution in [0, 0.1) is 23.7 Å². The fourth-order valence-corrected chi connectivity index (χ4v) is 10.5. The highest BCUT2D eigenvalue weighted by Gasteiger charge is 2.66. The van der Waals surface area contributed by atoms with Gasteiger partial charge in [0, 0.05) is 40.4 Å². The predicted molar refractivity (Wildman–Crippen MR) is 234 cm³/mol. The van der Waals surface area contributed by atoms with E-state index in [0.717, 1.165) is 22.5 Å². The SMILES string of the molecule is O=C1C(c2ccccc2)=CC(=O)[C@@]2(c3ccccc3)[C@@H](c3ccc(OCc4ccccc4)cc3O)C3=CC[C@@H]4C(=O)N(c5ccc(Nc6ccccc6)cc5)C(=O)[C@@H]4[C@@H]3C[C@@H]12. The van der Waals surface area contributed by atoms with Gasteiger partial charge in [-0.2, -0.15) is 0 Å². The maximum absolute atomic E-state index is 15.4. The molecule has 1 aliphatic heterocycles. The molecule has 1 saturated carbocycles. The zero-order chi connectivity index (χ0) is 41.7. The summed E-state index contributed by atoms with van der Waals surface area (Å²) in [4.78, 5) is 61.3. The number of hydrogen-bond donors (Lipinski definition) is 2. The zero-order valence-corrected chi connectivity index (χ0v) is 33.2. The number of benzene rings is 6. The van der Waals surface area contributed by atoms with Crippen LogP contribution in [0.25, 0.3) is 5.57 Å². The summed E-state index contributed by atoms with van der Waals surface area (Å²) in [5.41, 5.74) is 4.50. The average molecular weight is 803 g/mol. The standard InChI is InChI=1S/C53H42N2O6/c56-46-29-39(61-32-33-13-5-1-6-14-33)25-26-41(46)49-40-27-28-42-48(52(60)55(51(42)59)38-23-21-37(22-24-38)54-36-19-11-4-12-20-36)44(40)30-45-50(58)43(34-15-7-2-8-16-34)31-47(57)53(45,49)35-17-9-3-10-18-35/h1-27,29,31,42,44-45,48-49,54,56H,28,30,32H2/t42-,44+,45-,48-,49+,53-/m0/s1. The molecule has 1 saturated heterocycles. The van der Waals surface area contributed by atoms with Gasteiger partial charge in [0.05, 0.1) is 22.9 Å². The summed E-state index contributed by atoms with van der Waals surface area (Å²) in [6.07, 6.45) is 3.92. The van der Waals surface area contributed by atoms with E-state index in [1.54, 1.807) is 30.3 Å². The summed E-state index contributed by atoms with van der Waals surface area (Å²) in [5.74, 6) is -4.53. The minimum absolute atomic E-state index is 0.0916. The third kappa shape index (κ3) is 6.38. The molecule has 0 unspecified atom stereocenters. The largest absolute Gasteiger partial charge is 0.508 e. The number of allylic oxidation sites excluding steroid dienone is 4. The van der Waals surface area contributed by atoms with Crippen molar-refractivity contribution in [3.05, 3.63) is 204 Å². The molecule has 8 nitrogen and oxygen atoms in total. The number of aromatic hydroxyl groups is 1. The highest BCUT2D eigenvalue weighted by atomic mass is 16.5. The lowest BCUT2D eigenvalue weighted by Gasteiger charge is -2.55. The average Bonchev–Trinajstić information content (AvgIpc) is 3.56. The van der Waals surface area contributed by atoms with Crippen LogP contribution in [0.1, 0.15) is 41.0 Å². The van der Waals surface area contributed by atoms with Crippen LogP contribution in [0.4, 0.5) is 17.1 Å². The van der Waals surface area contributed by atoms with Crippen LogP contribution in [0.5, 0.6) is 11.5 Å².